The second kappa shape index (κ2) is 5.24. The standard InChI is InChI=1S/C11H16F2N2O/c1-2-9(7-14)15-10(16)8-3-5-11(12,13)6-4-8/h8-9H,2-6H2,1H3,(H,15,16). The number of hydrogen-bond acceptors (Lipinski definition) is 2. The number of nitriles is 1. The minimum atomic E-state index is -2.61. The van der Waals surface area contributed by atoms with E-state index in [9.17, 15) is 13.6 Å². The first-order chi connectivity index (χ1) is 7.48. The number of nitrogens with one attached hydrogen (secondary N) is 1. The number of amides is 1. The fraction of sp³-hybridized carbons (Fsp3) is 0.818. The van der Waals surface area contributed by atoms with Gasteiger partial charge in [-0.1, -0.05) is 6.92 Å². The van der Waals surface area contributed by atoms with E-state index >= 15 is 0 Å². The van der Waals surface area contributed by atoms with E-state index in [1.807, 2.05) is 6.07 Å². The summed E-state index contributed by atoms with van der Waals surface area (Å²) in [5.74, 6) is -3.23. The van der Waals surface area contributed by atoms with E-state index in [0.717, 1.165) is 0 Å². The van der Waals surface area contributed by atoms with E-state index in [0.29, 0.717) is 6.42 Å². The van der Waals surface area contributed by atoms with E-state index in [4.69, 9.17) is 5.26 Å². The lowest BCUT2D eigenvalue weighted by Gasteiger charge is -2.27. The first-order valence-electron chi connectivity index (χ1n) is 5.56. The molecule has 5 heteroatoms. The van der Waals surface area contributed by atoms with Crippen LogP contribution in [0.3, 0.4) is 0 Å². The molecule has 1 unspecified atom stereocenters. The number of alkyl halides is 2. The van der Waals surface area contributed by atoms with Crippen LogP contribution in [0.1, 0.15) is 39.0 Å². The van der Waals surface area contributed by atoms with Gasteiger partial charge in [-0.05, 0) is 19.3 Å². The molecule has 0 radical (unpaired) electrons. The van der Waals surface area contributed by atoms with Crippen LogP contribution in [-0.2, 0) is 4.79 Å². The molecule has 1 rings (SSSR count). The number of hydrogen-bond donors (Lipinski definition) is 1. The summed E-state index contributed by atoms with van der Waals surface area (Å²) in [5.41, 5.74) is 0. The number of carbonyl (C=O) groups is 1. The van der Waals surface area contributed by atoms with Crippen LogP contribution in [0.15, 0.2) is 0 Å². The Morgan fingerprint density at radius 3 is 2.56 bits per heavy atom. The zero-order valence-corrected chi connectivity index (χ0v) is 9.30. The van der Waals surface area contributed by atoms with Crippen LogP contribution >= 0.6 is 0 Å². The largest absolute Gasteiger partial charge is 0.340 e. The Balaban J connectivity index is 2.42. The van der Waals surface area contributed by atoms with E-state index in [2.05, 4.69) is 5.32 Å². The maximum absolute atomic E-state index is 12.9. The zero-order chi connectivity index (χ0) is 12.2. The number of rotatable bonds is 3. The monoisotopic (exact) mass is 230 g/mol. The third-order valence-corrected chi connectivity index (χ3v) is 2.97. The summed E-state index contributed by atoms with van der Waals surface area (Å²) in [6.07, 6.45) is 0.495. The maximum atomic E-state index is 12.9. The van der Waals surface area contributed by atoms with Crippen LogP contribution < -0.4 is 5.32 Å². The van der Waals surface area contributed by atoms with Crippen LogP contribution in [0.25, 0.3) is 0 Å². The minimum absolute atomic E-state index is 0.209. The summed E-state index contributed by atoms with van der Waals surface area (Å²) in [5, 5.41) is 11.2. The molecule has 0 heterocycles. The van der Waals surface area contributed by atoms with Crippen molar-refractivity contribution in [3.8, 4) is 6.07 Å². The van der Waals surface area contributed by atoms with Gasteiger partial charge in [0.1, 0.15) is 6.04 Å². The topological polar surface area (TPSA) is 52.9 Å². The Hall–Kier alpha value is -1.18. The van der Waals surface area contributed by atoms with Crippen molar-refractivity contribution < 1.29 is 13.6 Å². The molecule has 0 aromatic carbocycles. The van der Waals surface area contributed by atoms with E-state index in [-0.39, 0.29) is 37.5 Å². The third kappa shape index (κ3) is 3.44. The summed E-state index contributed by atoms with van der Waals surface area (Å²) in [4.78, 5) is 11.6. The molecular weight excluding hydrogens is 214 g/mol. The molecule has 0 aromatic heterocycles. The average Bonchev–Trinajstić information content (AvgIpc) is 2.25. The molecule has 3 nitrogen and oxygen atoms in total. The molecule has 90 valence electrons. The first-order valence-corrected chi connectivity index (χ1v) is 5.56. The van der Waals surface area contributed by atoms with Gasteiger partial charge < -0.3 is 5.32 Å². The van der Waals surface area contributed by atoms with Crippen molar-refractivity contribution in [3.05, 3.63) is 0 Å². The lowest BCUT2D eigenvalue weighted by Crippen LogP contribution is -2.40. The fourth-order valence-corrected chi connectivity index (χ4v) is 1.82. The van der Waals surface area contributed by atoms with Crippen molar-refractivity contribution in [1.82, 2.24) is 5.32 Å². The molecule has 1 atom stereocenters. The van der Waals surface area contributed by atoms with Gasteiger partial charge in [0.15, 0.2) is 0 Å². The molecule has 1 aliphatic rings. The van der Waals surface area contributed by atoms with Crippen molar-refractivity contribution in [2.45, 2.75) is 51.0 Å². The van der Waals surface area contributed by atoms with Crippen molar-refractivity contribution in [2.24, 2.45) is 5.92 Å². The summed E-state index contributed by atoms with van der Waals surface area (Å²) in [6.45, 7) is 1.79. The van der Waals surface area contributed by atoms with Crippen molar-refractivity contribution >= 4 is 5.91 Å². The van der Waals surface area contributed by atoms with Gasteiger partial charge in [-0.3, -0.25) is 4.79 Å². The SMILES string of the molecule is CCC(C#N)NC(=O)C1CCC(F)(F)CC1. The first kappa shape index (κ1) is 12.9. The van der Waals surface area contributed by atoms with Crippen LogP contribution in [-0.4, -0.2) is 17.9 Å². The second-order valence-electron chi connectivity index (χ2n) is 4.23. The molecule has 1 saturated carbocycles. The molecule has 1 aliphatic carbocycles. The Morgan fingerprint density at radius 2 is 2.12 bits per heavy atom. The van der Waals surface area contributed by atoms with Crippen molar-refractivity contribution in [1.29, 1.82) is 5.26 Å². The summed E-state index contributed by atoms with van der Waals surface area (Å²) < 4.78 is 25.7. The Labute approximate surface area is 93.8 Å². The van der Waals surface area contributed by atoms with Crippen LogP contribution in [0.5, 0.6) is 0 Å². The Kier molecular flexibility index (Phi) is 4.22. The van der Waals surface area contributed by atoms with Crippen LogP contribution in [0, 0.1) is 17.2 Å². The molecule has 0 bridgehead atoms. The highest BCUT2D eigenvalue weighted by Gasteiger charge is 2.37. The molecule has 1 fully saturated rings. The van der Waals surface area contributed by atoms with Crippen LogP contribution in [0.4, 0.5) is 8.78 Å². The highest BCUT2D eigenvalue weighted by molar-refractivity contribution is 5.79. The predicted molar refractivity (Wildman–Crippen MR) is 54.7 cm³/mol. The van der Waals surface area contributed by atoms with E-state index in [1.165, 1.54) is 0 Å². The molecule has 1 amide bonds. The Bertz CT molecular complexity index is 289. The summed E-state index contributed by atoms with van der Waals surface area (Å²) in [6, 6.07) is 1.45. The van der Waals surface area contributed by atoms with Gasteiger partial charge in [0.05, 0.1) is 6.07 Å². The highest BCUT2D eigenvalue weighted by atomic mass is 19.3. The van der Waals surface area contributed by atoms with Gasteiger partial charge in [0, 0.05) is 18.8 Å². The van der Waals surface area contributed by atoms with E-state index in [1.54, 1.807) is 6.92 Å². The lowest BCUT2D eigenvalue weighted by molar-refractivity contribution is -0.129. The molecule has 0 spiro atoms. The quantitative estimate of drug-likeness (QED) is 0.808. The number of halogens is 2. The van der Waals surface area contributed by atoms with Gasteiger partial charge in [-0.2, -0.15) is 5.26 Å². The molecular formula is C11H16F2N2O. The molecule has 0 aliphatic heterocycles. The van der Waals surface area contributed by atoms with Gasteiger partial charge in [-0.15, -0.1) is 0 Å². The smallest absolute Gasteiger partial charge is 0.248 e. The second-order valence-corrected chi connectivity index (χ2v) is 4.23. The molecule has 1 N–H and O–H groups in total. The van der Waals surface area contributed by atoms with Gasteiger partial charge in [0.25, 0.3) is 0 Å². The normalized spacial score (nSPS) is 22.1. The van der Waals surface area contributed by atoms with E-state index < -0.39 is 12.0 Å². The molecule has 0 saturated heterocycles. The fourth-order valence-electron chi connectivity index (χ4n) is 1.82. The Morgan fingerprint density at radius 1 is 1.56 bits per heavy atom. The summed E-state index contributed by atoms with van der Waals surface area (Å²) >= 11 is 0. The minimum Gasteiger partial charge on any atom is -0.340 e. The molecule has 0 aromatic rings. The van der Waals surface area contributed by atoms with Crippen molar-refractivity contribution in [3.63, 3.8) is 0 Å². The van der Waals surface area contributed by atoms with Gasteiger partial charge in [-0.25, -0.2) is 8.78 Å². The average molecular weight is 230 g/mol. The third-order valence-electron chi connectivity index (χ3n) is 2.97. The van der Waals surface area contributed by atoms with Gasteiger partial charge in [0.2, 0.25) is 11.8 Å². The predicted octanol–water partition coefficient (Wildman–Crippen LogP) is 2.23. The number of carbonyl (C=O) groups excluding carboxylic acids is 1. The summed E-state index contributed by atoms with van der Waals surface area (Å²) in [7, 11) is 0. The lowest BCUT2D eigenvalue weighted by atomic mass is 9.86. The highest BCUT2D eigenvalue weighted by Crippen LogP contribution is 2.36. The van der Waals surface area contributed by atoms with Crippen LogP contribution in [0.2, 0.25) is 0 Å². The zero-order valence-electron chi connectivity index (χ0n) is 9.30. The number of nitrogens with zero attached hydrogens (tertiary/aromatic N) is 1. The van der Waals surface area contributed by atoms with Gasteiger partial charge >= 0.3 is 0 Å². The maximum Gasteiger partial charge on any atom is 0.248 e. The van der Waals surface area contributed by atoms with Crippen molar-refractivity contribution in [2.75, 3.05) is 0 Å². The molecule has 16 heavy (non-hydrogen) atoms.